The fourth-order valence-corrected chi connectivity index (χ4v) is 3.79. The highest BCUT2D eigenvalue weighted by molar-refractivity contribution is 5.95. The van der Waals surface area contributed by atoms with Crippen molar-refractivity contribution in [3.05, 3.63) is 59.4 Å². The molecule has 0 radical (unpaired) electrons. The molecule has 0 aliphatic carbocycles. The third kappa shape index (κ3) is 6.20. The summed E-state index contributed by atoms with van der Waals surface area (Å²) in [4.78, 5) is 26.8. The van der Waals surface area contributed by atoms with Gasteiger partial charge in [0.05, 0.1) is 14.2 Å². The number of nitrogens with one attached hydrogen (secondary N) is 1. The normalized spacial score (nSPS) is 14.2. The Labute approximate surface area is 182 Å². The molecule has 0 unspecified atom stereocenters. The Morgan fingerprint density at radius 3 is 2.48 bits per heavy atom. The average Bonchev–Trinajstić information content (AvgIpc) is 2.80. The van der Waals surface area contributed by atoms with Crippen molar-refractivity contribution in [2.24, 2.45) is 5.92 Å². The van der Waals surface area contributed by atoms with Crippen LogP contribution in [0.5, 0.6) is 11.5 Å². The van der Waals surface area contributed by atoms with Gasteiger partial charge in [0.2, 0.25) is 5.91 Å². The molecular formula is C24H29FN2O4. The van der Waals surface area contributed by atoms with Gasteiger partial charge in [-0.05, 0) is 61.1 Å². The number of likely N-dealkylation sites (tertiary alicyclic amines) is 1. The highest BCUT2D eigenvalue weighted by Gasteiger charge is 2.24. The van der Waals surface area contributed by atoms with E-state index in [-0.39, 0.29) is 17.6 Å². The first-order valence-corrected chi connectivity index (χ1v) is 10.5. The van der Waals surface area contributed by atoms with E-state index in [9.17, 15) is 14.0 Å². The first-order valence-electron chi connectivity index (χ1n) is 10.5. The van der Waals surface area contributed by atoms with Gasteiger partial charge in [-0.2, -0.15) is 0 Å². The summed E-state index contributed by atoms with van der Waals surface area (Å²) in [6.07, 6.45) is 2.52. The third-order valence-corrected chi connectivity index (χ3v) is 5.65. The van der Waals surface area contributed by atoms with E-state index in [0.717, 1.165) is 18.4 Å². The van der Waals surface area contributed by atoms with Crippen molar-refractivity contribution >= 4 is 11.8 Å². The van der Waals surface area contributed by atoms with E-state index in [1.807, 2.05) is 11.0 Å². The SMILES string of the molecule is COc1ccc(C(=O)N2CCC(CNC(=O)CCc3cccc(F)c3)CC2)cc1OC. The molecule has 2 aromatic rings. The maximum absolute atomic E-state index is 13.2. The summed E-state index contributed by atoms with van der Waals surface area (Å²) in [6.45, 7) is 1.90. The Morgan fingerprint density at radius 1 is 1.06 bits per heavy atom. The van der Waals surface area contributed by atoms with Crippen molar-refractivity contribution in [1.82, 2.24) is 10.2 Å². The Kier molecular flexibility index (Phi) is 7.87. The molecule has 1 aliphatic rings. The zero-order chi connectivity index (χ0) is 22.2. The molecule has 6 nitrogen and oxygen atoms in total. The number of methoxy groups -OCH3 is 2. The number of nitrogens with zero attached hydrogens (tertiary/aromatic N) is 1. The summed E-state index contributed by atoms with van der Waals surface area (Å²) in [5.74, 6) is 1.11. The van der Waals surface area contributed by atoms with E-state index in [4.69, 9.17) is 9.47 Å². The van der Waals surface area contributed by atoms with E-state index in [0.29, 0.717) is 55.5 Å². The molecule has 0 atom stereocenters. The number of halogens is 1. The molecule has 1 aliphatic heterocycles. The van der Waals surface area contributed by atoms with Crippen LogP contribution in [-0.2, 0) is 11.2 Å². The molecule has 3 rings (SSSR count). The number of carbonyl (C=O) groups is 2. The third-order valence-electron chi connectivity index (χ3n) is 5.65. The minimum absolute atomic E-state index is 0.0291. The van der Waals surface area contributed by atoms with Gasteiger partial charge in [-0.1, -0.05) is 12.1 Å². The highest BCUT2D eigenvalue weighted by Crippen LogP contribution is 2.28. The summed E-state index contributed by atoms with van der Waals surface area (Å²) < 4.78 is 23.7. The Morgan fingerprint density at radius 2 is 1.81 bits per heavy atom. The fourth-order valence-electron chi connectivity index (χ4n) is 3.79. The van der Waals surface area contributed by atoms with Crippen LogP contribution >= 0.6 is 0 Å². The number of ether oxygens (including phenoxy) is 2. The lowest BCUT2D eigenvalue weighted by molar-refractivity contribution is -0.121. The summed E-state index contributed by atoms with van der Waals surface area (Å²) >= 11 is 0. The van der Waals surface area contributed by atoms with Crippen LogP contribution in [0.2, 0.25) is 0 Å². The van der Waals surface area contributed by atoms with Crippen molar-refractivity contribution in [3.8, 4) is 11.5 Å². The molecule has 166 valence electrons. The van der Waals surface area contributed by atoms with Crippen LogP contribution in [0.4, 0.5) is 4.39 Å². The van der Waals surface area contributed by atoms with Crippen LogP contribution in [0.25, 0.3) is 0 Å². The number of carbonyl (C=O) groups excluding carboxylic acids is 2. The molecule has 0 aromatic heterocycles. The molecule has 0 saturated carbocycles. The second kappa shape index (κ2) is 10.8. The van der Waals surface area contributed by atoms with E-state index < -0.39 is 0 Å². The highest BCUT2D eigenvalue weighted by atomic mass is 19.1. The number of aryl methyl sites for hydroxylation is 1. The quantitative estimate of drug-likeness (QED) is 0.699. The van der Waals surface area contributed by atoms with Gasteiger partial charge in [-0.25, -0.2) is 4.39 Å². The van der Waals surface area contributed by atoms with Crippen molar-refractivity contribution in [2.75, 3.05) is 33.9 Å². The molecule has 7 heteroatoms. The van der Waals surface area contributed by atoms with Gasteiger partial charge < -0.3 is 19.7 Å². The molecule has 1 heterocycles. The van der Waals surface area contributed by atoms with Crippen molar-refractivity contribution in [3.63, 3.8) is 0 Å². The van der Waals surface area contributed by atoms with Crippen molar-refractivity contribution in [2.45, 2.75) is 25.7 Å². The number of hydrogen-bond acceptors (Lipinski definition) is 4. The van der Waals surface area contributed by atoms with Gasteiger partial charge in [0.25, 0.3) is 5.91 Å². The van der Waals surface area contributed by atoms with Gasteiger partial charge in [-0.3, -0.25) is 9.59 Å². The first kappa shape index (κ1) is 22.6. The average molecular weight is 429 g/mol. The Hall–Kier alpha value is -3.09. The minimum Gasteiger partial charge on any atom is -0.493 e. The molecule has 0 bridgehead atoms. The standard InChI is InChI=1S/C24H29FN2O4/c1-30-21-8-7-19(15-22(21)31-2)24(29)27-12-10-18(11-13-27)16-26-23(28)9-6-17-4-3-5-20(25)14-17/h3-5,7-8,14-15,18H,6,9-13,16H2,1-2H3,(H,26,28). The summed E-state index contributed by atoms with van der Waals surface area (Å²) in [7, 11) is 3.11. The van der Waals surface area contributed by atoms with Crippen LogP contribution in [0.15, 0.2) is 42.5 Å². The van der Waals surface area contributed by atoms with Crippen molar-refractivity contribution in [1.29, 1.82) is 0 Å². The largest absolute Gasteiger partial charge is 0.493 e. The Balaban J connectivity index is 1.42. The lowest BCUT2D eigenvalue weighted by Crippen LogP contribution is -2.41. The maximum atomic E-state index is 13.2. The van der Waals surface area contributed by atoms with E-state index in [1.165, 1.54) is 12.1 Å². The Bertz CT molecular complexity index is 910. The van der Waals surface area contributed by atoms with E-state index >= 15 is 0 Å². The topological polar surface area (TPSA) is 67.9 Å². The maximum Gasteiger partial charge on any atom is 0.253 e. The first-order chi connectivity index (χ1) is 15.0. The molecular weight excluding hydrogens is 399 g/mol. The fraction of sp³-hybridized carbons (Fsp3) is 0.417. The molecule has 2 amide bonds. The number of benzene rings is 2. The predicted octanol–water partition coefficient (Wildman–Crippen LogP) is 3.44. The molecule has 0 spiro atoms. The summed E-state index contributed by atoms with van der Waals surface area (Å²) in [5, 5.41) is 2.97. The minimum atomic E-state index is -0.285. The predicted molar refractivity (Wildman–Crippen MR) is 116 cm³/mol. The van der Waals surface area contributed by atoms with E-state index in [1.54, 1.807) is 38.5 Å². The molecule has 1 N–H and O–H groups in total. The van der Waals surface area contributed by atoms with Crippen LogP contribution < -0.4 is 14.8 Å². The summed E-state index contributed by atoms with van der Waals surface area (Å²) in [6, 6.07) is 11.5. The van der Waals surface area contributed by atoms with Crippen LogP contribution in [0.3, 0.4) is 0 Å². The van der Waals surface area contributed by atoms with E-state index in [2.05, 4.69) is 5.32 Å². The monoisotopic (exact) mass is 428 g/mol. The second-order valence-electron chi connectivity index (χ2n) is 7.74. The van der Waals surface area contributed by atoms with Gasteiger partial charge in [-0.15, -0.1) is 0 Å². The van der Waals surface area contributed by atoms with Gasteiger partial charge in [0.1, 0.15) is 5.82 Å². The lowest BCUT2D eigenvalue weighted by atomic mass is 9.96. The van der Waals surface area contributed by atoms with Crippen LogP contribution in [0.1, 0.15) is 35.2 Å². The number of amides is 2. The number of piperidine rings is 1. The molecule has 1 fully saturated rings. The zero-order valence-electron chi connectivity index (χ0n) is 18.0. The second-order valence-corrected chi connectivity index (χ2v) is 7.74. The molecule has 1 saturated heterocycles. The number of hydrogen-bond donors (Lipinski definition) is 1. The van der Waals surface area contributed by atoms with Crippen LogP contribution in [0, 0.1) is 11.7 Å². The lowest BCUT2D eigenvalue weighted by Gasteiger charge is -2.32. The van der Waals surface area contributed by atoms with Gasteiger partial charge >= 0.3 is 0 Å². The number of rotatable bonds is 8. The van der Waals surface area contributed by atoms with Crippen LogP contribution in [-0.4, -0.2) is 50.6 Å². The van der Waals surface area contributed by atoms with Crippen molar-refractivity contribution < 1.29 is 23.5 Å². The summed E-state index contributed by atoms with van der Waals surface area (Å²) in [5.41, 5.74) is 1.39. The van der Waals surface area contributed by atoms with Gasteiger partial charge in [0.15, 0.2) is 11.5 Å². The molecule has 2 aromatic carbocycles. The molecule has 31 heavy (non-hydrogen) atoms. The zero-order valence-corrected chi connectivity index (χ0v) is 18.0. The van der Waals surface area contributed by atoms with Gasteiger partial charge in [0, 0.05) is 31.6 Å². The smallest absolute Gasteiger partial charge is 0.253 e.